The Morgan fingerprint density at radius 1 is 1.35 bits per heavy atom. The van der Waals surface area contributed by atoms with Crippen LogP contribution in [0.15, 0.2) is 0 Å². The Labute approximate surface area is 101 Å². The van der Waals surface area contributed by atoms with Crippen LogP contribution in [0.4, 0.5) is 0 Å². The Morgan fingerprint density at radius 2 is 2.06 bits per heavy atom. The number of rotatable bonds is 3. The van der Waals surface area contributed by atoms with E-state index in [-0.39, 0.29) is 12.3 Å². The highest BCUT2D eigenvalue weighted by atomic mass is 16.5. The third-order valence-electron chi connectivity index (χ3n) is 3.59. The summed E-state index contributed by atoms with van der Waals surface area (Å²) >= 11 is 0. The Balaban J connectivity index is 1.97. The lowest BCUT2D eigenvalue weighted by atomic mass is 9.93. The van der Waals surface area contributed by atoms with E-state index >= 15 is 0 Å². The molecule has 1 N–H and O–H groups in total. The fourth-order valence-electron chi connectivity index (χ4n) is 2.72. The van der Waals surface area contributed by atoms with Crippen LogP contribution < -0.4 is 0 Å². The molecule has 5 nitrogen and oxygen atoms in total. The SMILES string of the molecule is O=C(O)CC1OCCN(C2CCCCC2)C1=O. The predicted octanol–water partition coefficient (Wildman–Crippen LogP) is 1.02. The summed E-state index contributed by atoms with van der Waals surface area (Å²) in [5.74, 6) is -1.11. The number of ether oxygens (including phenoxy) is 1. The molecule has 0 spiro atoms. The number of morpholine rings is 1. The number of hydrogen-bond donors (Lipinski definition) is 1. The fraction of sp³-hybridized carbons (Fsp3) is 0.833. The number of aliphatic carboxylic acids is 1. The number of amides is 1. The Bertz CT molecular complexity index is 299. The van der Waals surface area contributed by atoms with Crippen LogP contribution in [0.5, 0.6) is 0 Å². The molecule has 1 heterocycles. The first-order valence-corrected chi connectivity index (χ1v) is 6.32. The van der Waals surface area contributed by atoms with E-state index in [1.54, 1.807) is 0 Å². The summed E-state index contributed by atoms with van der Waals surface area (Å²) in [6.45, 7) is 1.07. The summed E-state index contributed by atoms with van der Waals surface area (Å²) < 4.78 is 5.25. The number of carbonyl (C=O) groups excluding carboxylic acids is 1. The highest BCUT2D eigenvalue weighted by molar-refractivity contribution is 5.86. The molecule has 1 saturated carbocycles. The van der Waals surface area contributed by atoms with Gasteiger partial charge in [-0.1, -0.05) is 19.3 Å². The summed E-state index contributed by atoms with van der Waals surface area (Å²) in [6, 6.07) is 0.302. The molecule has 96 valence electrons. The van der Waals surface area contributed by atoms with Gasteiger partial charge in [0.15, 0.2) is 0 Å². The van der Waals surface area contributed by atoms with Crippen molar-refractivity contribution in [2.75, 3.05) is 13.2 Å². The highest BCUT2D eigenvalue weighted by Crippen LogP contribution is 2.25. The van der Waals surface area contributed by atoms with Crippen LogP contribution in [0.2, 0.25) is 0 Å². The monoisotopic (exact) mass is 241 g/mol. The van der Waals surface area contributed by atoms with Gasteiger partial charge in [-0.25, -0.2) is 0 Å². The largest absolute Gasteiger partial charge is 0.481 e. The summed E-state index contributed by atoms with van der Waals surface area (Å²) in [5.41, 5.74) is 0. The van der Waals surface area contributed by atoms with Crippen molar-refractivity contribution in [3.63, 3.8) is 0 Å². The first-order valence-electron chi connectivity index (χ1n) is 6.32. The summed E-state index contributed by atoms with van der Waals surface area (Å²) in [6.07, 6.45) is 4.67. The molecule has 0 bridgehead atoms. The van der Waals surface area contributed by atoms with Gasteiger partial charge in [-0.2, -0.15) is 0 Å². The highest BCUT2D eigenvalue weighted by Gasteiger charge is 2.35. The fourth-order valence-corrected chi connectivity index (χ4v) is 2.72. The van der Waals surface area contributed by atoms with Crippen molar-refractivity contribution in [2.45, 2.75) is 50.7 Å². The smallest absolute Gasteiger partial charge is 0.306 e. The third-order valence-corrected chi connectivity index (χ3v) is 3.59. The van der Waals surface area contributed by atoms with Crippen LogP contribution in [-0.4, -0.2) is 47.2 Å². The lowest BCUT2D eigenvalue weighted by molar-refractivity contribution is -0.162. The van der Waals surface area contributed by atoms with Crippen LogP contribution in [-0.2, 0) is 14.3 Å². The second-order valence-corrected chi connectivity index (χ2v) is 4.78. The van der Waals surface area contributed by atoms with Crippen LogP contribution in [0.1, 0.15) is 38.5 Å². The number of carboxylic acid groups (broad SMARTS) is 1. The second kappa shape index (κ2) is 5.49. The molecule has 0 radical (unpaired) electrons. The first-order chi connectivity index (χ1) is 8.18. The van der Waals surface area contributed by atoms with Crippen LogP contribution in [0, 0.1) is 0 Å². The maximum Gasteiger partial charge on any atom is 0.306 e. The molecule has 17 heavy (non-hydrogen) atoms. The zero-order chi connectivity index (χ0) is 12.3. The molecule has 2 aliphatic rings. The topological polar surface area (TPSA) is 66.8 Å². The van der Waals surface area contributed by atoms with E-state index in [4.69, 9.17) is 9.84 Å². The van der Waals surface area contributed by atoms with Crippen molar-refractivity contribution in [3.05, 3.63) is 0 Å². The number of hydrogen-bond acceptors (Lipinski definition) is 3. The summed E-state index contributed by atoms with van der Waals surface area (Å²) in [5, 5.41) is 8.73. The van der Waals surface area contributed by atoms with Crippen LogP contribution >= 0.6 is 0 Å². The minimum absolute atomic E-state index is 0.134. The summed E-state index contributed by atoms with van der Waals surface area (Å²) in [7, 11) is 0. The normalized spacial score (nSPS) is 27.2. The lowest BCUT2D eigenvalue weighted by Crippen LogP contribution is -2.53. The van der Waals surface area contributed by atoms with E-state index in [2.05, 4.69) is 0 Å². The molecule has 1 aliphatic heterocycles. The Kier molecular flexibility index (Phi) is 3.99. The van der Waals surface area contributed by atoms with Gasteiger partial charge >= 0.3 is 5.97 Å². The van der Waals surface area contributed by atoms with Gasteiger partial charge in [0.2, 0.25) is 0 Å². The third kappa shape index (κ3) is 2.97. The first kappa shape index (κ1) is 12.4. The molecule has 2 fully saturated rings. The molecule has 1 atom stereocenters. The predicted molar refractivity (Wildman–Crippen MR) is 60.6 cm³/mol. The maximum atomic E-state index is 12.1. The maximum absolute atomic E-state index is 12.1. The molecule has 1 aliphatic carbocycles. The minimum Gasteiger partial charge on any atom is -0.481 e. The molecule has 0 aromatic carbocycles. The van der Waals surface area contributed by atoms with Crippen molar-refractivity contribution >= 4 is 11.9 Å². The molecule has 1 unspecified atom stereocenters. The summed E-state index contributed by atoms with van der Waals surface area (Å²) in [4.78, 5) is 24.6. The van der Waals surface area contributed by atoms with Gasteiger partial charge < -0.3 is 14.7 Å². The van der Waals surface area contributed by atoms with Crippen molar-refractivity contribution in [2.24, 2.45) is 0 Å². The minimum atomic E-state index is -0.978. The van der Waals surface area contributed by atoms with Gasteiger partial charge in [-0.05, 0) is 12.8 Å². The van der Waals surface area contributed by atoms with Gasteiger partial charge in [0, 0.05) is 12.6 Å². The number of nitrogens with zero attached hydrogens (tertiary/aromatic N) is 1. The zero-order valence-corrected chi connectivity index (χ0v) is 9.93. The van der Waals surface area contributed by atoms with E-state index in [9.17, 15) is 9.59 Å². The average molecular weight is 241 g/mol. The van der Waals surface area contributed by atoms with E-state index < -0.39 is 12.1 Å². The molecular weight excluding hydrogens is 222 g/mol. The van der Waals surface area contributed by atoms with Gasteiger partial charge in [0.05, 0.1) is 13.0 Å². The number of carboxylic acids is 1. The number of carbonyl (C=O) groups is 2. The van der Waals surface area contributed by atoms with Crippen molar-refractivity contribution < 1.29 is 19.4 Å². The van der Waals surface area contributed by atoms with Crippen LogP contribution in [0.25, 0.3) is 0 Å². The van der Waals surface area contributed by atoms with Crippen LogP contribution in [0.3, 0.4) is 0 Å². The van der Waals surface area contributed by atoms with E-state index in [1.807, 2.05) is 4.90 Å². The molecule has 5 heteroatoms. The molecule has 1 amide bonds. The van der Waals surface area contributed by atoms with E-state index in [1.165, 1.54) is 19.3 Å². The second-order valence-electron chi connectivity index (χ2n) is 4.78. The Morgan fingerprint density at radius 3 is 2.71 bits per heavy atom. The molecular formula is C12H19NO4. The van der Waals surface area contributed by atoms with E-state index in [0.29, 0.717) is 19.2 Å². The van der Waals surface area contributed by atoms with E-state index in [0.717, 1.165) is 12.8 Å². The van der Waals surface area contributed by atoms with Crippen molar-refractivity contribution in [1.29, 1.82) is 0 Å². The van der Waals surface area contributed by atoms with Gasteiger partial charge in [0.25, 0.3) is 5.91 Å². The zero-order valence-electron chi connectivity index (χ0n) is 9.93. The molecule has 0 aromatic heterocycles. The molecule has 0 aromatic rings. The van der Waals surface area contributed by atoms with Crippen molar-refractivity contribution in [1.82, 2.24) is 4.90 Å². The van der Waals surface area contributed by atoms with Gasteiger partial charge in [0.1, 0.15) is 6.10 Å². The van der Waals surface area contributed by atoms with Crippen molar-refractivity contribution in [3.8, 4) is 0 Å². The quantitative estimate of drug-likeness (QED) is 0.801. The Hall–Kier alpha value is -1.10. The van der Waals surface area contributed by atoms with Gasteiger partial charge in [-0.3, -0.25) is 9.59 Å². The molecule has 1 saturated heterocycles. The average Bonchev–Trinajstić information content (AvgIpc) is 2.32. The molecule has 2 rings (SSSR count). The van der Waals surface area contributed by atoms with Gasteiger partial charge in [-0.15, -0.1) is 0 Å². The lowest BCUT2D eigenvalue weighted by Gasteiger charge is -2.39. The standard InChI is InChI=1S/C12H19NO4/c14-11(15)8-10-12(16)13(6-7-17-10)9-4-2-1-3-5-9/h9-10H,1-8H2,(H,14,15).